The zero-order chi connectivity index (χ0) is 17.6. The minimum absolute atomic E-state index is 0.0278. The first-order chi connectivity index (χ1) is 11.7. The molecule has 0 fully saturated rings. The lowest BCUT2D eigenvalue weighted by Gasteiger charge is -2.20. The number of nitrogens with one attached hydrogen (secondary N) is 1. The Balaban J connectivity index is 2.37. The Morgan fingerprint density at radius 2 is 1.83 bits per heavy atom. The Labute approximate surface area is 143 Å². The third-order valence-corrected chi connectivity index (χ3v) is 3.50. The summed E-state index contributed by atoms with van der Waals surface area (Å²) in [5.41, 5.74) is 1.27. The Kier molecular flexibility index (Phi) is 9.93. The highest BCUT2D eigenvalue weighted by atomic mass is 16.3. The van der Waals surface area contributed by atoms with Gasteiger partial charge in [0, 0.05) is 25.8 Å². The average molecular weight is 331 g/mol. The molecule has 0 atom stereocenters. The van der Waals surface area contributed by atoms with E-state index in [0.29, 0.717) is 6.54 Å². The number of nitriles is 1. The van der Waals surface area contributed by atoms with Crippen LogP contribution in [-0.2, 0) is 11.2 Å². The summed E-state index contributed by atoms with van der Waals surface area (Å²) >= 11 is 0. The first-order valence-electron chi connectivity index (χ1n) is 8.11. The molecule has 0 saturated carbocycles. The summed E-state index contributed by atoms with van der Waals surface area (Å²) in [4.78, 5) is 13.4. The number of carbonyl (C=O) groups excluding carboxylic acids is 1. The van der Waals surface area contributed by atoms with Crippen molar-refractivity contribution < 1.29 is 15.0 Å². The van der Waals surface area contributed by atoms with Crippen LogP contribution in [0.15, 0.2) is 42.1 Å². The van der Waals surface area contributed by atoms with Gasteiger partial charge in [-0.2, -0.15) is 5.26 Å². The van der Waals surface area contributed by atoms with Crippen molar-refractivity contribution in [2.75, 3.05) is 32.8 Å². The summed E-state index contributed by atoms with van der Waals surface area (Å²) < 4.78 is 0. The SMILES string of the molecule is N#C/C(=C/NCCCCc1ccccc1)C(=O)N(CCO)CCO. The van der Waals surface area contributed by atoms with Gasteiger partial charge in [-0.25, -0.2) is 0 Å². The summed E-state index contributed by atoms with van der Waals surface area (Å²) in [5, 5.41) is 30.0. The van der Waals surface area contributed by atoms with Gasteiger partial charge in [0.1, 0.15) is 11.6 Å². The van der Waals surface area contributed by atoms with Crippen LogP contribution in [0.5, 0.6) is 0 Å². The fourth-order valence-electron chi connectivity index (χ4n) is 2.24. The molecule has 0 radical (unpaired) electrons. The maximum Gasteiger partial charge on any atom is 0.266 e. The number of rotatable bonds is 11. The minimum Gasteiger partial charge on any atom is -0.395 e. The lowest BCUT2D eigenvalue weighted by atomic mass is 10.1. The molecule has 6 nitrogen and oxygen atoms in total. The lowest BCUT2D eigenvalue weighted by molar-refractivity contribution is -0.127. The summed E-state index contributed by atoms with van der Waals surface area (Å²) in [6, 6.07) is 12.1. The second kappa shape index (κ2) is 12.1. The molecule has 0 unspecified atom stereocenters. The van der Waals surface area contributed by atoms with Crippen molar-refractivity contribution in [1.29, 1.82) is 5.26 Å². The van der Waals surface area contributed by atoms with Gasteiger partial charge in [0.05, 0.1) is 13.2 Å². The quantitative estimate of drug-likeness (QED) is 0.317. The number of nitrogens with zero attached hydrogens (tertiary/aromatic N) is 2. The number of hydrogen-bond acceptors (Lipinski definition) is 5. The lowest BCUT2D eigenvalue weighted by Crippen LogP contribution is -2.37. The van der Waals surface area contributed by atoms with Crippen molar-refractivity contribution >= 4 is 5.91 Å². The van der Waals surface area contributed by atoms with Gasteiger partial charge in [-0.15, -0.1) is 0 Å². The van der Waals surface area contributed by atoms with Crippen molar-refractivity contribution in [3.05, 3.63) is 47.7 Å². The van der Waals surface area contributed by atoms with Crippen molar-refractivity contribution in [3.63, 3.8) is 0 Å². The molecule has 0 aromatic heterocycles. The summed E-state index contributed by atoms with van der Waals surface area (Å²) in [7, 11) is 0. The highest BCUT2D eigenvalue weighted by Crippen LogP contribution is 2.04. The molecule has 0 heterocycles. The molecule has 0 spiro atoms. The first-order valence-corrected chi connectivity index (χ1v) is 8.11. The topological polar surface area (TPSA) is 96.6 Å². The standard InChI is InChI=1S/C18H25N3O3/c19-14-17(18(24)21(10-12-22)11-13-23)15-20-9-5-4-8-16-6-2-1-3-7-16/h1-3,6-7,15,20,22-23H,4-5,8-13H2/b17-15-. The van der Waals surface area contributed by atoms with Gasteiger partial charge in [0.15, 0.2) is 0 Å². The molecule has 1 aromatic carbocycles. The molecule has 6 heteroatoms. The van der Waals surface area contributed by atoms with Crippen LogP contribution >= 0.6 is 0 Å². The Bertz CT molecular complexity index is 546. The second-order valence-electron chi connectivity index (χ2n) is 5.31. The van der Waals surface area contributed by atoms with Crippen LogP contribution in [0.3, 0.4) is 0 Å². The average Bonchev–Trinajstić information content (AvgIpc) is 2.61. The number of unbranched alkanes of at least 4 members (excludes halogenated alkanes) is 1. The number of carbonyl (C=O) groups is 1. The van der Waals surface area contributed by atoms with E-state index in [9.17, 15) is 4.79 Å². The number of aliphatic hydroxyl groups is 2. The fraction of sp³-hybridized carbons (Fsp3) is 0.444. The minimum atomic E-state index is -0.489. The number of benzene rings is 1. The van der Waals surface area contributed by atoms with E-state index in [1.165, 1.54) is 16.7 Å². The molecule has 0 aliphatic heterocycles. The van der Waals surface area contributed by atoms with Crippen molar-refractivity contribution in [2.24, 2.45) is 0 Å². The highest BCUT2D eigenvalue weighted by Gasteiger charge is 2.17. The molecular weight excluding hydrogens is 306 g/mol. The third kappa shape index (κ3) is 7.27. The van der Waals surface area contributed by atoms with E-state index in [1.54, 1.807) is 0 Å². The largest absolute Gasteiger partial charge is 0.395 e. The van der Waals surface area contributed by atoms with Gasteiger partial charge in [-0.05, 0) is 24.8 Å². The van der Waals surface area contributed by atoms with Crippen LogP contribution in [0.4, 0.5) is 0 Å². The van der Waals surface area contributed by atoms with Gasteiger partial charge < -0.3 is 20.4 Å². The highest BCUT2D eigenvalue weighted by molar-refractivity contribution is 5.97. The predicted molar refractivity (Wildman–Crippen MR) is 91.8 cm³/mol. The van der Waals surface area contributed by atoms with Gasteiger partial charge >= 0.3 is 0 Å². The summed E-state index contributed by atoms with van der Waals surface area (Å²) in [5.74, 6) is -0.489. The van der Waals surface area contributed by atoms with Gasteiger partial charge in [0.2, 0.25) is 0 Å². The molecule has 0 bridgehead atoms. The van der Waals surface area contributed by atoms with E-state index in [4.69, 9.17) is 15.5 Å². The zero-order valence-electron chi connectivity index (χ0n) is 13.8. The van der Waals surface area contributed by atoms with Gasteiger partial charge in [-0.1, -0.05) is 30.3 Å². The monoisotopic (exact) mass is 331 g/mol. The maximum absolute atomic E-state index is 12.1. The Morgan fingerprint density at radius 3 is 2.42 bits per heavy atom. The molecular formula is C18H25N3O3. The van der Waals surface area contributed by atoms with Crippen molar-refractivity contribution in [3.8, 4) is 6.07 Å². The molecule has 0 saturated heterocycles. The Hall–Kier alpha value is -2.36. The predicted octanol–water partition coefficient (Wildman–Crippen LogP) is 0.820. The molecule has 3 N–H and O–H groups in total. The number of hydrogen-bond donors (Lipinski definition) is 3. The van der Waals surface area contributed by atoms with E-state index in [2.05, 4.69) is 17.4 Å². The van der Waals surface area contributed by atoms with Crippen LogP contribution < -0.4 is 5.32 Å². The van der Waals surface area contributed by atoms with E-state index in [0.717, 1.165) is 19.3 Å². The molecule has 0 aliphatic carbocycles. The Morgan fingerprint density at radius 1 is 1.17 bits per heavy atom. The molecule has 1 aromatic rings. The van der Waals surface area contributed by atoms with Crippen LogP contribution in [0, 0.1) is 11.3 Å². The molecule has 1 rings (SSSR count). The number of amides is 1. The molecule has 1 amide bonds. The van der Waals surface area contributed by atoms with E-state index in [-0.39, 0.29) is 31.9 Å². The molecule has 24 heavy (non-hydrogen) atoms. The molecule has 130 valence electrons. The van der Waals surface area contributed by atoms with Crippen molar-refractivity contribution in [2.45, 2.75) is 19.3 Å². The number of aliphatic hydroxyl groups excluding tert-OH is 2. The van der Waals surface area contributed by atoms with Crippen LogP contribution in [0.1, 0.15) is 18.4 Å². The van der Waals surface area contributed by atoms with Gasteiger partial charge in [0.25, 0.3) is 5.91 Å². The molecule has 0 aliphatic rings. The van der Waals surface area contributed by atoms with Crippen LogP contribution in [0.25, 0.3) is 0 Å². The smallest absolute Gasteiger partial charge is 0.266 e. The van der Waals surface area contributed by atoms with Gasteiger partial charge in [-0.3, -0.25) is 4.79 Å². The fourth-order valence-corrected chi connectivity index (χ4v) is 2.24. The second-order valence-corrected chi connectivity index (χ2v) is 5.31. The van der Waals surface area contributed by atoms with Crippen molar-refractivity contribution in [1.82, 2.24) is 10.2 Å². The van der Waals surface area contributed by atoms with Crippen LogP contribution in [0.2, 0.25) is 0 Å². The number of aryl methyl sites for hydroxylation is 1. The maximum atomic E-state index is 12.1. The normalized spacial score (nSPS) is 11.0. The van der Waals surface area contributed by atoms with E-state index < -0.39 is 5.91 Å². The summed E-state index contributed by atoms with van der Waals surface area (Å²) in [6.45, 7) is 0.436. The van der Waals surface area contributed by atoms with E-state index >= 15 is 0 Å². The summed E-state index contributed by atoms with van der Waals surface area (Å²) in [6.07, 6.45) is 4.35. The third-order valence-electron chi connectivity index (χ3n) is 3.50. The first kappa shape index (κ1) is 19.7. The van der Waals surface area contributed by atoms with Crippen LogP contribution in [-0.4, -0.2) is 53.9 Å². The van der Waals surface area contributed by atoms with E-state index in [1.807, 2.05) is 24.3 Å². The zero-order valence-corrected chi connectivity index (χ0v) is 13.8.